The highest BCUT2D eigenvalue weighted by Gasteiger charge is 2.06. The highest BCUT2D eigenvalue weighted by atomic mass is 16.5. The highest BCUT2D eigenvalue weighted by Crippen LogP contribution is 2.18. The van der Waals surface area contributed by atoms with Crippen molar-refractivity contribution in [2.24, 2.45) is 0 Å². The first kappa shape index (κ1) is 12.0. The summed E-state index contributed by atoms with van der Waals surface area (Å²) < 4.78 is 5.44. The van der Waals surface area contributed by atoms with Gasteiger partial charge in [-0.25, -0.2) is 4.98 Å². The maximum Gasteiger partial charge on any atom is 0.213 e. The molecular weight excluding hydrogens is 188 g/mol. The molecule has 1 heterocycles. The maximum absolute atomic E-state index is 5.44. The second kappa shape index (κ2) is 5.71. The van der Waals surface area contributed by atoms with E-state index in [1.165, 1.54) is 5.56 Å². The summed E-state index contributed by atoms with van der Waals surface area (Å²) in [5.41, 5.74) is 2.31. The molecule has 1 aromatic rings. The Bertz CT molecular complexity index is 286. The molecule has 1 rings (SSSR count). The van der Waals surface area contributed by atoms with Gasteiger partial charge in [0.2, 0.25) is 5.88 Å². The first-order valence-electron chi connectivity index (χ1n) is 5.45. The van der Waals surface area contributed by atoms with Crippen molar-refractivity contribution >= 4 is 0 Å². The third-order valence-corrected chi connectivity index (χ3v) is 2.15. The van der Waals surface area contributed by atoms with Crippen LogP contribution in [-0.2, 0) is 6.54 Å². The van der Waals surface area contributed by atoms with Crippen molar-refractivity contribution < 1.29 is 4.74 Å². The van der Waals surface area contributed by atoms with Crippen LogP contribution in [0.4, 0.5) is 0 Å². The molecule has 0 unspecified atom stereocenters. The summed E-state index contributed by atoms with van der Waals surface area (Å²) in [6, 6.07) is 4.12. The van der Waals surface area contributed by atoms with Crippen LogP contribution in [0.15, 0.2) is 12.1 Å². The molecule has 0 saturated carbocycles. The van der Waals surface area contributed by atoms with Crippen molar-refractivity contribution in [3.8, 4) is 5.88 Å². The summed E-state index contributed by atoms with van der Waals surface area (Å²) in [4.78, 5) is 4.45. The van der Waals surface area contributed by atoms with Gasteiger partial charge in [-0.1, -0.05) is 13.8 Å². The molecule has 0 spiro atoms. The van der Waals surface area contributed by atoms with Crippen molar-refractivity contribution in [2.45, 2.75) is 33.2 Å². The smallest absolute Gasteiger partial charge is 0.213 e. The fourth-order valence-corrected chi connectivity index (χ4v) is 1.41. The maximum atomic E-state index is 5.44. The third-order valence-electron chi connectivity index (χ3n) is 2.15. The minimum absolute atomic E-state index is 0.431. The summed E-state index contributed by atoms with van der Waals surface area (Å²) in [6.45, 7) is 7.76. The Kier molecular flexibility index (Phi) is 4.56. The van der Waals surface area contributed by atoms with Gasteiger partial charge in [0, 0.05) is 18.3 Å². The zero-order chi connectivity index (χ0) is 11.3. The number of ether oxygens (including phenoxy) is 1. The van der Waals surface area contributed by atoms with E-state index in [4.69, 9.17) is 4.74 Å². The van der Waals surface area contributed by atoms with Gasteiger partial charge in [-0.15, -0.1) is 0 Å². The van der Waals surface area contributed by atoms with Crippen LogP contribution in [-0.4, -0.2) is 18.6 Å². The average molecular weight is 208 g/mol. The number of hydrogen-bond acceptors (Lipinski definition) is 3. The number of aromatic nitrogens is 1. The molecule has 3 heteroatoms. The molecule has 15 heavy (non-hydrogen) atoms. The van der Waals surface area contributed by atoms with E-state index < -0.39 is 0 Å². The Labute approximate surface area is 91.9 Å². The Balaban J connectivity index is 2.97. The van der Waals surface area contributed by atoms with E-state index in [9.17, 15) is 0 Å². The molecule has 0 aliphatic carbocycles. The molecule has 0 radical (unpaired) electrons. The van der Waals surface area contributed by atoms with Gasteiger partial charge < -0.3 is 10.1 Å². The summed E-state index contributed by atoms with van der Waals surface area (Å²) in [7, 11) is 1.94. The van der Waals surface area contributed by atoms with E-state index in [0.717, 1.165) is 18.1 Å². The fourth-order valence-electron chi connectivity index (χ4n) is 1.41. The molecule has 0 amide bonds. The monoisotopic (exact) mass is 208 g/mol. The Morgan fingerprint density at radius 1 is 1.40 bits per heavy atom. The minimum Gasteiger partial charge on any atom is -0.478 e. The molecule has 0 aliphatic rings. The van der Waals surface area contributed by atoms with Gasteiger partial charge in [-0.2, -0.15) is 0 Å². The average Bonchev–Trinajstić information content (AvgIpc) is 2.18. The molecule has 0 fully saturated rings. The number of rotatable bonds is 5. The van der Waals surface area contributed by atoms with E-state index in [1.54, 1.807) is 0 Å². The predicted octanol–water partition coefficient (Wildman–Crippen LogP) is 2.32. The third kappa shape index (κ3) is 3.51. The molecule has 3 nitrogen and oxygen atoms in total. The van der Waals surface area contributed by atoms with Crippen molar-refractivity contribution in [3.05, 3.63) is 23.4 Å². The van der Waals surface area contributed by atoms with Crippen LogP contribution in [0.5, 0.6) is 5.88 Å². The molecule has 0 bridgehead atoms. The van der Waals surface area contributed by atoms with Gasteiger partial charge in [-0.05, 0) is 31.5 Å². The summed E-state index contributed by atoms with van der Waals surface area (Å²) in [5.74, 6) is 1.16. The molecule has 84 valence electrons. The lowest BCUT2D eigenvalue weighted by Gasteiger charge is -2.11. The van der Waals surface area contributed by atoms with E-state index in [2.05, 4.69) is 30.2 Å². The summed E-state index contributed by atoms with van der Waals surface area (Å²) in [6.07, 6.45) is 0. The second-order valence-corrected chi connectivity index (χ2v) is 3.86. The highest BCUT2D eigenvalue weighted by molar-refractivity contribution is 5.26. The van der Waals surface area contributed by atoms with E-state index in [0.29, 0.717) is 12.5 Å². The van der Waals surface area contributed by atoms with Crippen LogP contribution in [0.25, 0.3) is 0 Å². The van der Waals surface area contributed by atoms with Crippen LogP contribution < -0.4 is 10.1 Å². The van der Waals surface area contributed by atoms with Crippen LogP contribution in [0.2, 0.25) is 0 Å². The Morgan fingerprint density at radius 2 is 2.13 bits per heavy atom. The molecule has 0 aliphatic heterocycles. The van der Waals surface area contributed by atoms with Crippen LogP contribution >= 0.6 is 0 Å². The first-order chi connectivity index (χ1) is 7.17. The van der Waals surface area contributed by atoms with Gasteiger partial charge in [0.1, 0.15) is 0 Å². The minimum atomic E-state index is 0.431. The summed E-state index contributed by atoms with van der Waals surface area (Å²) >= 11 is 0. The van der Waals surface area contributed by atoms with E-state index >= 15 is 0 Å². The Hall–Kier alpha value is -1.09. The number of pyridine rings is 1. The van der Waals surface area contributed by atoms with Crippen molar-refractivity contribution in [1.29, 1.82) is 0 Å². The zero-order valence-corrected chi connectivity index (χ0v) is 10.0. The molecule has 0 saturated heterocycles. The largest absolute Gasteiger partial charge is 0.478 e. The number of nitrogens with one attached hydrogen (secondary N) is 1. The van der Waals surface area contributed by atoms with Crippen LogP contribution in [0.3, 0.4) is 0 Å². The van der Waals surface area contributed by atoms with Crippen molar-refractivity contribution in [3.63, 3.8) is 0 Å². The van der Waals surface area contributed by atoms with Crippen LogP contribution in [0, 0.1) is 0 Å². The van der Waals surface area contributed by atoms with Gasteiger partial charge in [0.25, 0.3) is 0 Å². The quantitative estimate of drug-likeness (QED) is 0.806. The Morgan fingerprint density at radius 3 is 2.67 bits per heavy atom. The SMILES string of the molecule is CCOc1cc(CNC)cc(C(C)C)n1. The molecular formula is C12H20N2O. The number of nitrogens with zero attached hydrogens (tertiary/aromatic N) is 1. The van der Waals surface area contributed by atoms with E-state index in [1.807, 2.05) is 20.0 Å². The standard InChI is InChI=1S/C12H20N2O/c1-5-15-12-7-10(8-13-4)6-11(14-12)9(2)3/h6-7,9,13H,5,8H2,1-4H3. The topological polar surface area (TPSA) is 34.1 Å². The first-order valence-corrected chi connectivity index (χ1v) is 5.45. The molecule has 1 aromatic heterocycles. The van der Waals surface area contributed by atoms with Gasteiger partial charge in [0.15, 0.2) is 0 Å². The van der Waals surface area contributed by atoms with E-state index in [-0.39, 0.29) is 0 Å². The van der Waals surface area contributed by atoms with Gasteiger partial charge >= 0.3 is 0 Å². The lowest BCUT2D eigenvalue weighted by molar-refractivity contribution is 0.325. The molecule has 0 atom stereocenters. The number of hydrogen-bond donors (Lipinski definition) is 1. The van der Waals surface area contributed by atoms with Gasteiger partial charge in [-0.3, -0.25) is 0 Å². The van der Waals surface area contributed by atoms with Crippen molar-refractivity contribution in [1.82, 2.24) is 10.3 Å². The normalized spacial score (nSPS) is 10.7. The van der Waals surface area contributed by atoms with Crippen LogP contribution in [0.1, 0.15) is 37.9 Å². The lowest BCUT2D eigenvalue weighted by atomic mass is 10.1. The molecule has 1 N–H and O–H groups in total. The summed E-state index contributed by atoms with van der Waals surface area (Å²) in [5, 5.41) is 3.14. The predicted molar refractivity (Wildman–Crippen MR) is 62.3 cm³/mol. The van der Waals surface area contributed by atoms with Crippen molar-refractivity contribution in [2.75, 3.05) is 13.7 Å². The second-order valence-electron chi connectivity index (χ2n) is 3.86. The molecule has 0 aromatic carbocycles. The zero-order valence-electron chi connectivity index (χ0n) is 10.0. The van der Waals surface area contributed by atoms with Gasteiger partial charge in [0.05, 0.1) is 6.61 Å². The lowest BCUT2D eigenvalue weighted by Crippen LogP contribution is -2.08. The fraction of sp³-hybridized carbons (Fsp3) is 0.583.